The Kier molecular flexibility index (Phi) is 8.74. The van der Waals surface area contributed by atoms with E-state index in [1.807, 2.05) is 24.3 Å². The number of aliphatic hydroxyl groups is 1. The summed E-state index contributed by atoms with van der Waals surface area (Å²) in [5.41, 5.74) is 7.56. The molecule has 38 heavy (non-hydrogen) atoms. The van der Waals surface area contributed by atoms with E-state index >= 15 is 0 Å². The van der Waals surface area contributed by atoms with Crippen LogP contribution in [0.25, 0.3) is 16.6 Å². The van der Waals surface area contributed by atoms with E-state index in [1.165, 1.54) is 0 Å². The number of fused-ring (bicyclic) bond motifs is 1. The highest BCUT2D eigenvalue weighted by atomic mass is 16.5. The predicted octanol–water partition coefficient (Wildman–Crippen LogP) is 6.34. The quantitative estimate of drug-likeness (QED) is 0.254. The molecule has 6 heteroatoms. The number of aliphatic hydroxyl groups excluding tert-OH is 1. The number of hydrogen-bond donors (Lipinski definition) is 1. The largest absolute Gasteiger partial charge is 0.388 e. The molecular weight excluding hydrogens is 474 g/mol. The first kappa shape index (κ1) is 26.4. The number of rotatable bonds is 11. The third-order valence-electron chi connectivity index (χ3n) is 7.28. The van der Waals surface area contributed by atoms with Crippen LogP contribution in [0.15, 0.2) is 66.7 Å². The highest BCUT2D eigenvalue weighted by molar-refractivity contribution is 5.86. The van der Waals surface area contributed by atoms with Gasteiger partial charge in [0.25, 0.3) is 0 Å². The fourth-order valence-electron chi connectivity index (χ4n) is 5.46. The van der Waals surface area contributed by atoms with E-state index in [0.717, 1.165) is 77.2 Å². The minimum atomic E-state index is -0.561. The predicted molar refractivity (Wildman–Crippen MR) is 152 cm³/mol. The topological polar surface area (TPSA) is 59.2 Å². The lowest BCUT2D eigenvalue weighted by molar-refractivity contribution is 0.103. The maximum Gasteiger partial charge on any atom is 0.150 e. The number of aryl methyl sites for hydroxylation is 1. The van der Waals surface area contributed by atoms with Crippen LogP contribution in [0.3, 0.4) is 0 Å². The summed E-state index contributed by atoms with van der Waals surface area (Å²) in [6, 6.07) is 23.0. The lowest BCUT2D eigenvalue weighted by Gasteiger charge is -2.28. The lowest BCUT2D eigenvalue weighted by atomic mass is 9.96. The summed E-state index contributed by atoms with van der Waals surface area (Å²) in [7, 11) is 0. The second-order valence-electron chi connectivity index (χ2n) is 10.0. The lowest BCUT2D eigenvalue weighted by Crippen LogP contribution is -2.37. The van der Waals surface area contributed by atoms with E-state index in [-0.39, 0.29) is 0 Å². The Labute approximate surface area is 225 Å². The van der Waals surface area contributed by atoms with Crippen LogP contribution in [-0.4, -0.2) is 41.0 Å². The fourth-order valence-corrected chi connectivity index (χ4v) is 5.46. The van der Waals surface area contributed by atoms with Gasteiger partial charge in [-0.1, -0.05) is 87.4 Å². The first-order valence-corrected chi connectivity index (χ1v) is 14.0. The summed E-state index contributed by atoms with van der Waals surface area (Å²) in [6.45, 7) is 8.27. The molecule has 2 aromatic heterocycles. The molecule has 0 spiro atoms. The number of aromatic nitrogens is 2. The molecule has 2 aromatic carbocycles. The molecule has 0 radical (unpaired) electrons. The average Bonchev–Trinajstić information content (AvgIpc) is 3.27. The Morgan fingerprint density at radius 2 is 1.66 bits per heavy atom. The normalized spacial score (nSPS) is 14.8. The first-order chi connectivity index (χ1) is 18.7. The Morgan fingerprint density at radius 1 is 0.947 bits per heavy atom. The Bertz CT molecular complexity index is 1310. The summed E-state index contributed by atoms with van der Waals surface area (Å²) in [5, 5.41) is 16.7. The second kappa shape index (κ2) is 12.6. The summed E-state index contributed by atoms with van der Waals surface area (Å²) < 4.78 is 14.1. The Morgan fingerprint density at radius 3 is 2.34 bits per heavy atom. The van der Waals surface area contributed by atoms with Crippen LogP contribution >= 0.6 is 0 Å². The third-order valence-corrected chi connectivity index (χ3v) is 7.28. The molecule has 1 saturated heterocycles. The smallest absolute Gasteiger partial charge is 0.150 e. The summed E-state index contributed by atoms with van der Waals surface area (Å²) in [4.78, 5) is 2.30. The van der Waals surface area contributed by atoms with Crippen LogP contribution in [0.2, 0.25) is 0 Å². The van der Waals surface area contributed by atoms with Gasteiger partial charge in [0.1, 0.15) is 5.82 Å². The molecule has 1 aliphatic heterocycles. The van der Waals surface area contributed by atoms with Gasteiger partial charge in [-0.05, 0) is 30.0 Å². The zero-order valence-electron chi connectivity index (χ0n) is 22.6. The van der Waals surface area contributed by atoms with Gasteiger partial charge in [-0.15, -0.1) is 0 Å². The van der Waals surface area contributed by atoms with Crippen molar-refractivity contribution in [2.24, 2.45) is 0 Å². The fraction of sp³-hybridized carbons (Fsp3) is 0.406. The van der Waals surface area contributed by atoms with Crippen LogP contribution in [0, 0.1) is 0 Å². The molecule has 5 rings (SSSR count). The molecule has 3 heterocycles. The van der Waals surface area contributed by atoms with Crippen molar-refractivity contribution in [3.63, 3.8) is 0 Å². The monoisotopic (exact) mass is 513 g/mol. The zero-order chi connectivity index (χ0) is 26.3. The van der Waals surface area contributed by atoms with Gasteiger partial charge in [0.15, 0.2) is 0 Å². The molecule has 1 unspecified atom stereocenters. The molecule has 0 saturated carbocycles. The average molecular weight is 514 g/mol. The van der Waals surface area contributed by atoms with Crippen molar-refractivity contribution >= 4 is 11.3 Å². The highest BCUT2D eigenvalue weighted by Gasteiger charge is 2.27. The number of ether oxygens (including phenoxy) is 2. The van der Waals surface area contributed by atoms with Gasteiger partial charge in [0, 0.05) is 35.5 Å². The van der Waals surface area contributed by atoms with E-state index in [1.54, 1.807) is 0 Å². The van der Waals surface area contributed by atoms with Crippen LogP contribution in [-0.2, 0) is 29.1 Å². The van der Waals surface area contributed by atoms with Crippen molar-refractivity contribution in [3.05, 3.63) is 89.1 Å². The number of morpholine rings is 1. The molecule has 4 aromatic rings. The third kappa shape index (κ3) is 5.63. The van der Waals surface area contributed by atoms with Gasteiger partial charge < -0.3 is 19.5 Å². The van der Waals surface area contributed by atoms with Crippen LogP contribution in [0.4, 0.5) is 5.82 Å². The molecule has 1 N–H and O–H groups in total. The van der Waals surface area contributed by atoms with Gasteiger partial charge >= 0.3 is 0 Å². The van der Waals surface area contributed by atoms with E-state index in [2.05, 4.69) is 65.7 Å². The van der Waals surface area contributed by atoms with Gasteiger partial charge in [-0.3, -0.25) is 0 Å². The van der Waals surface area contributed by atoms with E-state index in [9.17, 15) is 5.11 Å². The molecule has 0 bridgehead atoms. The standard InChI is InChI=1S/C32H39N3O3/c1-3-11-28-31(29(36)12-4-2)27(23-38-22-24-13-7-5-8-14-24)32-26(25-15-9-6-10-16-25)21-30(33-35(28)32)34-17-19-37-20-18-34/h5-10,13-16,21,29,36H,3-4,11-12,17-20,22-23H2,1-2H3. The number of benzene rings is 2. The van der Waals surface area contributed by atoms with Gasteiger partial charge in [0.2, 0.25) is 0 Å². The van der Waals surface area contributed by atoms with E-state index in [4.69, 9.17) is 14.6 Å². The van der Waals surface area contributed by atoms with Gasteiger partial charge in [-0.2, -0.15) is 5.10 Å². The van der Waals surface area contributed by atoms with Crippen LogP contribution in [0.5, 0.6) is 0 Å². The number of nitrogens with zero attached hydrogens (tertiary/aromatic N) is 3. The molecule has 1 fully saturated rings. The second-order valence-corrected chi connectivity index (χ2v) is 10.0. The Balaban J connectivity index is 1.70. The van der Waals surface area contributed by atoms with Crippen molar-refractivity contribution in [2.75, 3.05) is 31.2 Å². The molecule has 1 atom stereocenters. The molecule has 6 nitrogen and oxygen atoms in total. The minimum absolute atomic E-state index is 0.413. The number of hydrogen-bond acceptors (Lipinski definition) is 5. The number of anilines is 1. The van der Waals surface area contributed by atoms with E-state index < -0.39 is 6.10 Å². The van der Waals surface area contributed by atoms with Crippen LogP contribution < -0.4 is 4.90 Å². The zero-order valence-corrected chi connectivity index (χ0v) is 22.6. The van der Waals surface area contributed by atoms with Crippen molar-refractivity contribution in [2.45, 2.75) is 58.8 Å². The van der Waals surface area contributed by atoms with Crippen molar-refractivity contribution in [1.82, 2.24) is 9.61 Å². The first-order valence-electron chi connectivity index (χ1n) is 14.0. The maximum absolute atomic E-state index is 11.5. The molecular formula is C32H39N3O3. The molecule has 1 aliphatic rings. The maximum atomic E-state index is 11.5. The van der Waals surface area contributed by atoms with Crippen molar-refractivity contribution in [1.29, 1.82) is 0 Å². The van der Waals surface area contributed by atoms with Crippen molar-refractivity contribution < 1.29 is 14.6 Å². The SMILES string of the molecule is CCCc1c(C(O)CCC)c(COCc2ccccc2)c2c(-c3ccccc3)cc(N3CCOCC3)nn12. The van der Waals surface area contributed by atoms with Crippen molar-refractivity contribution in [3.8, 4) is 11.1 Å². The Hall–Kier alpha value is -3.19. The molecule has 200 valence electrons. The summed E-state index contributed by atoms with van der Waals surface area (Å²) >= 11 is 0. The molecule has 0 aliphatic carbocycles. The van der Waals surface area contributed by atoms with Crippen LogP contribution in [0.1, 0.15) is 61.6 Å². The summed E-state index contributed by atoms with van der Waals surface area (Å²) in [5.74, 6) is 0.945. The summed E-state index contributed by atoms with van der Waals surface area (Å²) in [6.07, 6.45) is 2.85. The van der Waals surface area contributed by atoms with Gasteiger partial charge in [-0.25, -0.2) is 4.52 Å². The molecule has 0 amide bonds. The highest BCUT2D eigenvalue weighted by Crippen LogP contribution is 2.39. The van der Waals surface area contributed by atoms with E-state index in [0.29, 0.717) is 32.8 Å². The van der Waals surface area contributed by atoms with Gasteiger partial charge in [0.05, 0.1) is 38.0 Å². The minimum Gasteiger partial charge on any atom is -0.388 e.